The van der Waals surface area contributed by atoms with Crippen molar-refractivity contribution in [2.75, 3.05) is 6.54 Å². The molecule has 0 unspecified atom stereocenters. The number of hydrogen-bond donors (Lipinski definition) is 0. The molecule has 0 atom stereocenters. The number of halogens is 2. The van der Waals surface area contributed by atoms with Crippen LogP contribution in [0.3, 0.4) is 0 Å². The van der Waals surface area contributed by atoms with Gasteiger partial charge in [0, 0.05) is 17.5 Å². The topological polar surface area (TPSA) is 40.6 Å². The Morgan fingerprint density at radius 2 is 1.42 bits per heavy atom. The highest BCUT2D eigenvalue weighted by molar-refractivity contribution is 7.10. The molecule has 0 aliphatic carbocycles. The van der Waals surface area contributed by atoms with Gasteiger partial charge in [0.1, 0.15) is 18.2 Å². The lowest BCUT2D eigenvalue weighted by atomic mass is 10.1. The molecule has 3 rings (SSSR count). The Bertz CT molecular complexity index is 1080. The highest BCUT2D eigenvalue weighted by Crippen LogP contribution is 2.20. The van der Waals surface area contributed by atoms with Gasteiger partial charge in [-0.1, -0.05) is 24.3 Å². The van der Waals surface area contributed by atoms with Crippen molar-refractivity contribution in [1.29, 1.82) is 0 Å². The van der Waals surface area contributed by atoms with Crippen molar-refractivity contribution in [3.63, 3.8) is 0 Å². The molecule has 0 aliphatic rings. The molecular weight excluding hydrogens is 442 g/mol. The van der Waals surface area contributed by atoms with Crippen LogP contribution in [-0.4, -0.2) is 34.2 Å². The van der Waals surface area contributed by atoms with Crippen LogP contribution in [0.25, 0.3) is 0 Å². The van der Waals surface area contributed by atoms with E-state index in [4.69, 9.17) is 0 Å². The number of carbonyl (C=O) groups is 2. The first kappa shape index (κ1) is 24.6. The van der Waals surface area contributed by atoms with Crippen LogP contribution >= 0.6 is 11.3 Å². The van der Waals surface area contributed by atoms with Crippen molar-refractivity contribution < 1.29 is 18.4 Å². The number of amides is 2. The van der Waals surface area contributed by atoms with Crippen LogP contribution in [0.4, 0.5) is 8.78 Å². The number of thiophene rings is 1. The van der Waals surface area contributed by atoms with Gasteiger partial charge in [-0.2, -0.15) is 0 Å². The second-order valence-corrected chi connectivity index (χ2v) is 9.32. The van der Waals surface area contributed by atoms with Crippen LogP contribution in [0, 0.1) is 18.6 Å². The molecule has 0 aliphatic heterocycles. The Labute approximate surface area is 197 Å². The van der Waals surface area contributed by atoms with Crippen LogP contribution < -0.4 is 0 Å². The molecule has 7 heteroatoms. The third-order valence-electron chi connectivity index (χ3n) is 5.46. The fraction of sp³-hybridized carbons (Fsp3) is 0.308. The number of benzene rings is 2. The zero-order chi connectivity index (χ0) is 24.0. The van der Waals surface area contributed by atoms with E-state index in [-0.39, 0.29) is 42.5 Å². The molecule has 3 aromatic rings. The molecule has 0 fully saturated rings. The summed E-state index contributed by atoms with van der Waals surface area (Å²) in [4.78, 5) is 30.7. The minimum Gasteiger partial charge on any atom is -0.332 e. The predicted octanol–water partition coefficient (Wildman–Crippen LogP) is 5.34. The molecule has 0 saturated heterocycles. The molecule has 1 aromatic heterocycles. The Hall–Kier alpha value is -3.06. The zero-order valence-electron chi connectivity index (χ0n) is 19.1. The van der Waals surface area contributed by atoms with Crippen LogP contribution in [-0.2, 0) is 29.1 Å². The van der Waals surface area contributed by atoms with Crippen molar-refractivity contribution in [2.45, 2.75) is 46.3 Å². The van der Waals surface area contributed by atoms with Gasteiger partial charge in [0.15, 0.2) is 0 Å². The van der Waals surface area contributed by atoms with Crippen molar-refractivity contribution in [3.8, 4) is 0 Å². The lowest BCUT2D eigenvalue weighted by molar-refractivity contribution is -0.142. The van der Waals surface area contributed by atoms with Crippen LogP contribution in [0.5, 0.6) is 0 Å². The number of hydrogen-bond acceptors (Lipinski definition) is 3. The average Bonchev–Trinajstić information content (AvgIpc) is 3.18. The van der Waals surface area contributed by atoms with Gasteiger partial charge in [0.2, 0.25) is 11.8 Å². The van der Waals surface area contributed by atoms with Gasteiger partial charge in [0.25, 0.3) is 0 Å². The maximum atomic E-state index is 13.4. The van der Waals surface area contributed by atoms with Crippen LogP contribution in [0.2, 0.25) is 0 Å². The molecule has 4 nitrogen and oxygen atoms in total. The average molecular weight is 471 g/mol. The molecule has 0 saturated carbocycles. The summed E-state index contributed by atoms with van der Waals surface area (Å²) in [5.74, 6) is -1.07. The van der Waals surface area contributed by atoms with Crippen LogP contribution in [0.15, 0.2) is 60.0 Å². The first-order chi connectivity index (χ1) is 15.7. The van der Waals surface area contributed by atoms with Crippen molar-refractivity contribution in [3.05, 3.63) is 93.2 Å². The number of aryl methyl sites for hydroxylation is 1. The fourth-order valence-electron chi connectivity index (χ4n) is 3.46. The van der Waals surface area contributed by atoms with E-state index in [0.717, 1.165) is 16.0 Å². The molecule has 0 radical (unpaired) electrons. The normalized spacial score (nSPS) is 11.0. The summed E-state index contributed by atoms with van der Waals surface area (Å²) in [5, 5.41) is 1.98. The van der Waals surface area contributed by atoms with E-state index in [1.165, 1.54) is 24.3 Å². The quantitative estimate of drug-likeness (QED) is 0.423. The molecule has 1 heterocycles. The maximum absolute atomic E-state index is 13.4. The second kappa shape index (κ2) is 11.2. The Kier molecular flexibility index (Phi) is 8.33. The van der Waals surface area contributed by atoms with Gasteiger partial charge in [-0.3, -0.25) is 9.59 Å². The van der Waals surface area contributed by atoms with Crippen LogP contribution in [0.1, 0.15) is 35.4 Å². The van der Waals surface area contributed by atoms with E-state index >= 15 is 0 Å². The molecule has 33 heavy (non-hydrogen) atoms. The van der Waals surface area contributed by atoms with E-state index in [2.05, 4.69) is 0 Å². The molecule has 2 aromatic carbocycles. The monoisotopic (exact) mass is 470 g/mol. The minimum absolute atomic E-state index is 0.0662. The third-order valence-corrected chi connectivity index (χ3v) is 6.47. The lowest BCUT2D eigenvalue weighted by Crippen LogP contribution is -2.46. The van der Waals surface area contributed by atoms with Gasteiger partial charge in [-0.05, 0) is 73.2 Å². The summed E-state index contributed by atoms with van der Waals surface area (Å²) < 4.78 is 26.5. The summed E-state index contributed by atoms with van der Waals surface area (Å²) in [7, 11) is 0. The highest BCUT2D eigenvalue weighted by Gasteiger charge is 2.24. The maximum Gasteiger partial charge on any atom is 0.242 e. The molecule has 174 valence electrons. The number of carbonyl (C=O) groups excluding carboxylic acids is 2. The van der Waals surface area contributed by atoms with Gasteiger partial charge >= 0.3 is 0 Å². The van der Waals surface area contributed by atoms with E-state index in [9.17, 15) is 18.4 Å². The lowest BCUT2D eigenvalue weighted by Gasteiger charge is -2.30. The molecular formula is C26H28F2N2O2S. The number of rotatable bonds is 9. The van der Waals surface area contributed by atoms with E-state index in [0.29, 0.717) is 18.7 Å². The minimum atomic E-state index is -0.359. The highest BCUT2D eigenvalue weighted by atomic mass is 32.1. The summed E-state index contributed by atoms with van der Waals surface area (Å²) in [6.07, 6.45) is 0.0910. The molecule has 2 amide bonds. The van der Waals surface area contributed by atoms with Gasteiger partial charge in [-0.15, -0.1) is 11.3 Å². The van der Waals surface area contributed by atoms with Crippen molar-refractivity contribution in [1.82, 2.24) is 9.80 Å². The molecule has 0 spiro atoms. The Morgan fingerprint density at radius 1 is 0.848 bits per heavy atom. The largest absolute Gasteiger partial charge is 0.332 e. The first-order valence-electron chi connectivity index (χ1n) is 10.8. The van der Waals surface area contributed by atoms with E-state index in [1.807, 2.05) is 32.2 Å². The summed E-state index contributed by atoms with van der Waals surface area (Å²) >= 11 is 1.58. The standard InChI is InChI=1S/C26H28F2N2O2S/c1-18(2)30(25(31)14-20-4-8-22(27)9-5-20)17-26(32)29(16-24-19(3)12-13-33-24)15-21-6-10-23(28)11-7-21/h4-13,18H,14-17H2,1-3H3. The van der Waals surface area contributed by atoms with Gasteiger partial charge in [-0.25, -0.2) is 8.78 Å². The van der Waals surface area contributed by atoms with E-state index < -0.39 is 0 Å². The summed E-state index contributed by atoms with van der Waals surface area (Å²) in [6, 6.07) is 13.7. The first-order valence-corrected chi connectivity index (χ1v) is 11.7. The smallest absolute Gasteiger partial charge is 0.242 e. The zero-order valence-corrected chi connectivity index (χ0v) is 19.9. The molecule has 0 N–H and O–H groups in total. The number of nitrogens with zero attached hydrogens (tertiary/aromatic N) is 2. The van der Waals surface area contributed by atoms with Gasteiger partial charge < -0.3 is 9.80 Å². The van der Waals surface area contributed by atoms with E-state index in [1.54, 1.807) is 45.4 Å². The predicted molar refractivity (Wildman–Crippen MR) is 127 cm³/mol. The third kappa shape index (κ3) is 6.96. The van der Waals surface area contributed by atoms with Crippen molar-refractivity contribution in [2.24, 2.45) is 0 Å². The Balaban J connectivity index is 1.76. The Morgan fingerprint density at radius 3 is 1.94 bits per heavy atom. The molecule has 0 bridgehead atoms. The SMILES string of the molecule is Cc1ccsc1CN(Cc1ccc(F)cc1)C(=O)CN(C(=O)Cc1ccc(F)cc1)C(C)C. The van der Waals surface area contributed by atoms with Gasteiger partial charge in [0.05, 0.1) is 13.0 Å². The fourth-order valence-corrected chi connectivity index (χ4v) is 4.39. The second-order valence-electron chi connectivity index (χ2n) is 8.32. The summed E-state index contributed by atoms with van der Waals surface area (Å²) in [5.41, 5.74) is 2.61. The van der Waals surface area contributed by atoms with Crippen molar-refractivity contribution >= 4 is 23.2 Å². The summed E-state index contributed by atoms with van der Waals surface area (Å²) in [6.45, 7) is 6.39.